The van der Waals surface area contributed by atoms with Crippen LogP contribution >= 0.6 is 0 Å². The molecule has 1 heterocycles. The zero-order chi connectivity index (χ0) is 21.5. The van der Waals surface area contributed by atoms with Crippen LogP contribution in [0.5, 0.6) is 11.5 Å². The smallest absolute Gasteiger partial charge is 0.311 e. The van der Waals surface area contributed by atoms with Crippen LogP contribution in [0, 0.1) is 5.92 Å². The standard InChI is InChI=1S/C22H24N2O6/c1-3-29-19-10-6-17(7-11-19)24-13-15(12-21(24)26)22(27)30-14-20(25)23-16-4-8-18(28-2)9-5-16/h4-11,15H,3,12-14H2,1-2H3,(H,23,25). The number of esters is 1. The Bertz CT molecular complexity index is 895. The van der Waals surface area contributed by atoms with Gasteiger partial charge in [-0.2, -0.15) is 0 Å². The predicted molar refractivity (Wildman–Crippen MR) is 111 cm³/mol. The van der Waals surface area contributed by atoms with Crippen molar-refractivity contribution in [2.75, 3.05) is 37.1 Å². The molecular formula is C22H24N2O6. The highest BCUT2D eigenvalue weighted by Gasteiger charge is 2.36. The molecule has 2 aromatic rings. The number of nitrogens with one attached hydrogen (secondary N) is 1. The summed E-state index contributed by atoms with van der Waals surface area (Å²) in [4.78, 5) is 38.2. The molecule has 8 heteroatoms. The first-order chi connectivity index (χ1) is 14.5. The van der Waals surface area contributed by atoms with Gasteiger partial charge in [-0.1, -0.05) is 0 Å². The number of anilines is 2. The van der Waals surface area contributed by atoms with Crippen LogP contribution in [-0.2, 0) is 19.1 Å². The second-order valence-corrected chi connectivity index (χ2v) is 6.72. The molecule has 0 radical (unpaired) electrons. The molecular weight excluding hydrogens is 388 g/mol. The van der Waals surface area contributed by atoms with Gasteiger partial charge < -0.3 is 24.4 Å². The molecule has 1 atom stereocenters. The molecule has 0 bridgehead atoms. The fourth-order valence-electron chi connectivity index (χ4n) is 3.13. The van der Waals surface area contributed by atoms with Gasteiger partial charge in [-0.3, -0.25) is 14.4 Å². The lowest BCUT2D eigenvalue weighted by Crippen LogP contribution is -2.28. The van der Waals surface area contributed by atoms with E-state index in [0.29, 0.717) is 29.5 Å². The molecule has 1 unspecified atom stereocenters. The minimum atomic E-state index is -0.613. The minimum absolute atomic E-state index is 0.0478. The topological polar surface area (TPSA) is 94.2 Å². The lowest BCUT2D eigenvalue weighted by atomic mass is 10.1. The Morgan fingerprint density at radius 3 is 2.37 bits per heavy atom. The van der Waals surface area contributed by atoms with Crippen molar-refractivity contribution < 1.29 is 28.6 Å². The molecule has 158 valence electrons. The Balaban J connectivity index is 1.49. The van der Waals surface area contributed by atoms with E-state index in [4.69, 9.17) is 14.2 Å². The van der Waals surface area contributed by atoms with Gasteiger partial charge in [-0.25, -0.2) is 0 Å². The molecule has 0 aromatic heterocycles. The summed E-state index contributed by atoms with van der Waals surface area (Å²) in [6, 6.07) is 13.9. The second-order valence-electron chi connectivity index (χ2n) is 6.72. The highest BCUT2D eigenvalue weighted by Crippen LogP contribution is 2.27. The van der Waals surface area contributed by atoms with E-state index < -0.39 is 24.4 Å². The Morgan fingerprint density at radius 2 is 1.73 bits per heavy atom. The number of nitrogens with zero attached hydrogens (tertiary/aromatic N) is 1. The van der Waals surface area contributed by atoms with Gasteiger partial charge in [0.25, 0.3) is 5.91 Å². The van der Waals surface area contributed by atoms with Crippen molar-refractivity contribution in [1.82, 2.24) is 0 Å². The van der Waals surface area contributed by atoms with Crippen LogP contribution in [-0.4, -0.2) is 44.7 Å². The van der Waals surface area contributed by atoms with Crippen molar-refractivity contribution >= 4 is 29.2 Å². The van der Waals surface area contributed by atoms with Gasteiger partial charge in [0.15, 0.2) is 6.61 Å². The van der Waals surface area contributed by atoms with Gasteiger partial charge in [0, 0.05) is 24.3 Å². The number of ether oxygens (including phenoxy) is 3. The molecule has 30 heavy (non-hydrogen) atoms. The normalized spacial score (nSPS) is 15.6. The van der Waals surface area contributed by atoms with Crippen molar-refractivity contribution in [2.24, 2.45) is 5.92 Å². The third-order valence-corrected chi connectivity index (χ3v) is 4.64. The van der Waals surface area contributed by atoms with Gasteiger partial charge in [-0.05, 0) is 55.5 Å². The summed E-state index contributed by atoms with van der Waals surface area (Å²) in [7, 11) is 1.55. The number of hydrogen-bond acceptors (Lipinski definition) is 6. The van der Waals surface area contributed by atoms with Gasteiger partial charge in [0.2, 0.25) is 5.91 Å². The van der Waals surface area contributed by atoms with E-state index in [1.54, 1.807) is 60.5 Å². The van der Waals surface area contributed by atoms with E-state index in [1.165, 1.54) is 0 Å². The Kier molecular flexibility index (Phi) is 6.90. The number of methoxy groups -OCH3 is 1. The molecule has 8 nitrogen and oxygen atoms in total. The van der Waals surface area contributed by atoms with Crippen LogP contribution in [0.1, 0.15) is 13.3 Å². The Hall–Kier alpha value is -3.55. The summed E-state index contributed by atoms with van der Waals surface area (Å²) in [6.45, 7) is 2.25. The maximum atomic E-state index is 12.3. The van der Waals surface area contributed by atoms with Gasteiger partial charge in [0.1, 0.15) is 11.5 Å². The average Bonchev–Trinajstić information content (AvgIpc) is 3.15. The molecule has 1 saturated heterocycles. The zero-order valence-electron chi connectivity index (χ0n) is 16.9. The largest absolute Gasteiger partial charge is 0.497 e. The van der Waals surface area contributed by atoms with Gasteiger partial charge in [-0.15, -0.1) is 0 Å². The number of amides is 2. The lowest BCUT2D eigenvalue weighted by molar-refractivity contribution is -0.151. The third kappa shape index (κ3) is 5.28. The SMILES string of the molecule is CCOc1ccc(N2CC(C(=O)OCC(=O)Nc3ccc(OC)cc3)CC2=O)cc1. The van der Waals surface area contributed by atoms with Crippen molar-refractivity contribution in [2.45, 2.75) is 13.3 Å². The van der Waals surface area contributed by atoms with E-state index in [1.807, 2.05) is 6.92 Å². The fourth-order valence-corrected chi connectivity index (χ4v) is 3.13. The first-order valence-corrected chi connectivity index (χ1v) is 9.64. The van der Waals surface area contributed by atoms with Gasteiger partial charge >= 0.3 is 5.97 Å². The molecule has 1 fully saturated rings. The summed E-state index contributed by atoms with van der Waals surface area (Å²) >= 11 is 0. The van der Waals surface area contributed by atoms with Gasteiger partial charge in [0.05, 0.1) is 19.6 Å². The van der Waals surface area contributed by atoms with Crippen LogP contribution < -0.4 is 19.7 Å². The van der Waals surface area contributed by atoms with Crippen LogP contribution in [0.15, 0.2) is 48.5 Å². The first-order valence-electron chi connectivity index (χ1n) is 9.64. The van der Waals surface area contributed by atoms with Crippen LogP contribution in [0.25, 0.3) is 0 Å². The maximum absolute atomic E-state index is 12.3. The summed E-state index contributed by atoms with van der Waals surface area (Å²) in [5.41, 5.74) is 1.26. The maximum Gasteiger partial charge on any atom is 0.311 e. The van der Waals surface area contributed by atoms with Crippen molar-refractivity contribution in [3.8, 4) is 11.5 Å². The number of hydrogen-bond donors (Lipinski definition) is 1. The molecule has 3 rings (SSSR count). The first kappa shape index (κ1) is 21.2. The minimum Gasteiger partial charge on any atom is -0.497 e. The quantitative estimate of drug-likeness (QED) is 0.670. The number of carbonyl (C=O) groups excluding carboxylic acids is 3. The van der Waals surface area contributed by atoms with Crippen molar-refractivity contribution in [1.29, 1.82) is 0 Å². The van der Waals surface area contributed by atoms with E-state index in [-0.39, 0.29) is 18.9 Å². The van der Waals surface area contributed by atoms with Crippen LogP contribution in [0.3, 0.4) is 0 Å². The number of benzene rings is 2. The fraction of sp³-hybridized carbons (Fsp3) is 0.318. The molecule has 0 spiro atoms. The number of rotatable bonds is 8. The second kappa shape index (κ2) is 9.78. The van der Waals surface area contributed by atoms with Crippen LogP contribution in [0.2, 0.25) is 0 Å². The summed E-state index contributed by atoms with van der Waals surface area (Å²) in [5, 5.41) is 2.64. The average molecular weight is 412 g/mol. The predicted octanol–water partition coefficient (Wildman–Crippen LogP) is 2.63. The Labute approximate surface area is 174 Å². The van der Waals surface area contributed by atoms with Crippen LogP contribution in [0.4, 0.5) is 11.4 Å². The number of carbonyl (C=O) groups is 3. The Morgan fingerprint density at radius 1 is 1.07 bits per heavy atom. The lowest BCUT2D eigenvalue weighted by Gasteiger charge is -2.17. The highest BCUT2D eigenvalue weighted by atomic mass is 16.5. The molecule has 0 saturated carbocycles. The van der Waals surface area contributed by atoms with E-state index in [0.717, 1.165) is 0 Å². The molecule has 1 aliphatic rings. The monoisotopic (exact) mass is 412 g/mol. The highest BCUT2D eigenvalue weighted by molar-refractivity contribution is 6.00. The molecule has 2 aromatic carbocycles. The van der Waals surface area contributed by atoms with E-state index >= 15 is 0 Å². The van der Waals surface area contributed by atoms with E-state index in [2.05, 4.69) is 5.32 Å². The summed E-state index contributed by atoms with van der Waals surface area (Å²) in [6.07, 6.45) is 0.0478. The molecule has 0 aliphatic carbocycles. The van der Waals surface area contributed by atoms with E-state index in [9.17, 15) is 14.4 Å². The van der Waals surface area contributed by atoms with Crippen molar-refractivity contribution in [3.63, 3.8) is 0 Å². The zero-order valence-corrected chi connectivity index (χ0v) is 16.9. The summed E-state index contributed by atoms with van der Waals surface area (Å²) < 4.78 is 15.6. The summed E-state index contributed by atoms with van der Waals surface area (Å²) in [5.74, 6) is -0.418. The van der Waals surface area contributed by atoms with Crippen molar-refractivity contribution in [3.05, 3.63) is 48.5 Å². The molecule has 1 N–H and O–H groups in total. The molecule has 2 amide bonds. The third-order valence-electron chi connectivity index (χ3n) is 4.64. The molecule has 1 aliphatic heterocycles.